The number of hydrogen-bond donors (Lipinski definition) is 3. The Morgan fingerprint density at radius 3 is 2.09 bits per heavy atom. The van der Waals surface area contributed by atoms with Crippen LogP contribution < -0.4 is 16.0 Å². The Labute approximate surface area is 136 Å². The summed E-state index contributed by atoms with van der Waals surface area (Å²) < 4.78 is 0. The van der Waals surface area contributed by atoms with Crippen LogP contribution in [0.15, 0.2) is 54.6 Å². The molecule has 120 valence electrons. The van der Waals surface area contributed by atoms with Crippen LogP contribution in [0.4, 0.5) is 16.2 Å². The number of benzene rings is 2. The van der Waals surface area contributed by atoms with Crippen molar-refractivity contribution in [2.24, 2.45) is 5.92 Å². The molecule has 2 aromatic carbocycles. The maximum absolute atomic E-state index is 12.1. The SMILES string of the molecule is CC(C)CNC(=O)Nc1ccc(C(=O)Nc2ccccc2)cc1. The highest BCUT2D eigenvalue weighted by atomic mass is 16.2. The van der Waals surface area contributed by atoms with Gasteiger partial charge in [-0.25, -0.2) is 4.79 Å². The molecule has 23 heavy (non-hydrogen) atoms. The number of anilines is 2. The summed E-state index contributed by atoms with van der Waals surface area (Å²) in [7, 11) is 0. The van der Waals surface area contributed by atoms with E-state index in [-0.39, 0.29) is 11.9 Å². The molecule has 2 aromatic rings. The first-order valence-electron chi connectivity index (χ1n) is 7.56. The van der Waals surface area contributed by atoms with Crippen LogP contribution in [-0.2, 0) is 0 Å². The van der Waals surface area contributed by atoms with Gasteiger partial charge in [-0.05, 0) is 42.3 Å². The number of nitrogens with one attached hydrogen (secondary N) is 3. The number of para-hydroxylation sites is 1. The molecule has 5 heteroatoms. The fraction of sp³-hybridized carbons (Fsp3) is 0.222. The molecule has 0 spiro atoms. The van der Waals surface area contributed by atoms with Crippen LogP contribution >= 0.6 is 0 Å². The van der Waals surface area contributed by atoms with Gasteiger partial charge in [-0.1, -0.05) is 32.0 Å². The molecule has 3 N–H and O–H groups in total. The smallest absolute Gasteiger partial charge is 0.319 e. The summed E-state index contributed by atoms with van der Waals surface area (Å²) >= 11 is 0. The summed E-state index contributed by atoms with van der Waals surface area (Å²) in [6.07, 6.45) is 0. The van der Waals surface area contributed by atoms with Gasteiger partial charge in [-0.2, -0.15) is 0 Å². The lowest BCUT2D eigenvalue weighted by atomic mass is 10.2. The first-order chi connectivity index (χ1) is 11.0. The van der Waals surface area contributed by atoms with Crippen molar-refractivity contribution in [2.45, 2.75) is 13.8 Å². The van der Waals surface area contributed by atoms with E-state index in [1.807, 2.05) is 44.2 Å². The Balaban J connectivity index is 1.91. The predicted molar refractivity (Wildman–Crippen MR) is 92.7 cm³/mol. The van der Waals surface area contributed by atoms with Crippen LogP contribution in [0.25, 0.3) is 0 Å². The first kappa shape index (κ1) is 16.5. The molecule has 0 heterocycles. The minimum absolute atomic E-state index is 0.188. The molecule has 0 aromatic heterocycles. The maximum atomic E-state index is 12.1. The van der Waals surface area contributed by atoms with Crippen molar-refractivity contribution in [3.8, 4) is 0 Å². The van der Waals surface area contributed by atoms with E-state index in [1.165, 1.54) is 0 Å². The number of hydrogen-bond acceptors (Lipinski definition) is 2. The van der Waals surface area contributed by atoms with Crippen LogP contribution in [-0.4, -0.2) is 18.5 Å². The highest BCUT2D eigenvalue weighted by Gasteiger charge is 2.07. The van der Waals surface area contributed by atoms with Crippen molar-refractivity contribution in [1.82, 2.24) is 5.32 Å². The summed E-state index contributed by atoms with van der Waals surface area (Å²) in [6.45, 7) is 4.67. The third kappa shape index (κ3) is 5.47. The molecule has 0 saturated carbocycles. The average Bonchev–Trinajstić information content (AvgIpc) is 2.54. The number of rotatable bonds is 5. The summed E-state index contributed by atoms with van der Waals surface area (Å²) in [5.41, 5.74) is 1.91. The fourth-order valence-corrected chi connectivity index (χ4v) is 1.90. The summed E-state index contributed by atoms with van der Waals surface area (Å²) in [4.78, 5) is 23.8. The highest BCUT2D eigenvalue weighted by Crippen LogP contribution is 2.12. The molecular formula is C18H21N3O2. The second kappa shape index (κ2) is 7.98. The Hall–Kier alpha value is -2.82. The Morgan fingerprint density at radius 1 is 0.870 bits per heavy atom. The predicted octanol–water partition coefficient (Wildman–Crippen LogP) is 3.72. The van der Waals surface area contributed by atoms with E-state index >= 15 is 0 Å². The fourth-order valence-electron chi connectivity index (χ4n) is 1.90. The molecule has 0 bridgehead atoms. The standard InChI is InChI=1S/C18H21N3O2/c1-13(2)12-19-18(23)21-16-10-8-14(9-11-16)17(22)20-15-6-4-3-5-7-15/h3-11,13H,12H2,1-2H3,(H,20,22)(H2,19,21,23). The zero-order valence-electron chi connectivity index (χ0n) is 13.3. The largest absolute Gasteiger partial charge is 0.338 e. The van der Waals surface area contributed by atoms with Crippen LogP contribution in [0.2, 0.25) is 0 Å². The van der Waals surface area contributed by atoms with Gasteiger partial charge in [0, 0.05) is 23.5 Å². The number of carbonyl (C=O) groups is 2. The zero-order chi connectivity index (χ0) is 16.7. The van der Waals surface area contributed by atoms with Crippen molar-refractivity contribution in [3.05, 3.63) is 60.2 Å². The molecule has 0 radical (unpaired) electrons. The second-order valence-corrected chi connectivity index (χ2v) is 5.63. The van der Waals surface area contributed by atoms with Crippen LogP contribution in [0.3, 0.4) is 0 Å². The van der Waals surface area contributed by atoms with Gasteiger partial charge in [0.2, 0.25) is 0 Å². The third-order valence-electron chi connectivity index (χ3n) is 3.11. The van der Waals surface area contributed by atoms with E-state index in [9.17, 15) is 9.59 Å². The molecule has 0 aliphatic carbocycles. The second-order valence-electron chi connectivity index (χ2n) is 5.63. The highest BCUT2D eigenvalue weighted by molar-refractivity contribution is 6.04. The van der Waals surface area contributed by atoms with Gasteiger partial charge in [0.15, 0.2) is 0 Å². The normalized spacial score (nSPS) is 10.2. The zero-order valence-corrected chi connectivity index (χ0v) is 13.3. The minimum Gasteiger partial charge on any atom is -0.338 e. The summed E-state index contributed by atoms with van der Waals surface area (Å²) in [6, 6.07) is 15.8. The number of urea groups is 1. The molecule has 0 unspecified atom stereocenters. The molecule has 0 saturated heterocycles. The molecule has 5 nitrogen and oxygen atoms in total. The van der Waals surface area contributed by atoms with Crippen LogP contribution in [0.1, 0.15) is 24.2 Å². The van der Waals surface area contributed by atoms with E-state index in [0.29, 0.717) is 23.7 Å². The van der Waals surface area contributed by atoms with Crippen molar-refractivity contribution in [2.75, 3.05) is 17.2 Å². The molecule has 0 aliphatic rings. The maximum Gasteiger partial charge on any atom is 0.319 e. The van der Waals surface area contributed by atoms with Crippen LogP contribution in [0.5, 0.6) is 0 Å². The number of carbonyl (C=O) groups excluding carboxylic acids is 2. The van der Waals surface area contributed by atoms with Crippen molar-refractivity contribution < 1.29 is 9.59 Å². The quantitative estimate of drug-likeness (QED) is 0.787. The minimum atomic E-state index is -0.250. The topological polar surface area (TPSA) is 70.2 Å². The van der Waals surface area contributed by atoms with Gasteiger partial charge in [0.05, 0.1) is 0 Å². The van der Waals surface area contributed by atoms with E-state index in [0.717, 1.165) is 5.69 Å². The van der Waals surface area contributed by atoms with Gasteiger partial charge in [-0.15, -0.1) is 0 Å². The molecule has 0 aliphatic heterocycles. The van der Waals surface area contributed by atoms with Crippen molar-refractivity contribution >= 4 is 23.3 Å². The molecule has 0 fully saturated rings. The molecular weight excluding hydrogens is 290 g/mol. The average molecular weight is 311 g/mol. The van der Waals surface area contributed by atoms with Gasteiger partial charge < -0.3 is 16.0 Å². The molecule has 0 atom stereocenters. The third-order valence-corrected chi connectivity index (χ3v) is 3.11. The van der Waals surface area contributed by atoms with E-state index in [2.05, 4.69) is 16.0 Å². The lowest BCUT2D eigenvalue weighted by Crippen LogP contribution is -2.31. The van der Waals surface area contributed by atoms with E-state index in [1.54, 1.807) is 24.3 Å². The van der Waals surface area contributed by atoms with Gasteiger partial charge in [-0.3, -0.25) is 4.79 Å². The van der Waals surface area contributed by atoms with Crippen LogP contribution in [0, 0.1) is 5.92 Å². The summed E-state index contributed by atoms with van der Waals surface area (Å²) in [5, 5.41) is 8.32. The first-order valence-corrected chi connectivity index (χ1v) is 7.56. The molecule has 2 rings (SSSR count). The Kier molecular flexibility index (Phi) is 5.74. The van der Waals surface area contributed by atoms with E-state index in [4.69, 9.17) is 0 Å². The lowest BCUT2D eigenvalue weighted by molar-refractivity contribution is 0.102. The number of amides is 3. The summed E-state index contributed by atoms with van der Waals surface area (Å²) in [5.74, 6) is 0.205. The van der Waals surface area contributed by atoms with Gasteiger partial charge in [0.1, 0.15) is 0 Å². The Bertz CT molecular complexity index is 652. The van der Waals surface area contributed by atoms with E-state index < -0.39 is 0 Å². The van der Waals surface area contributed by atoms with Gasteiger partial charge >= 0.3 is 6.03 Å². The van der Waals surface area contributed by atoms with Crippen molar-refractivity contribution in [3.63, 3.8) is 0 Å². The lowest BCUT2D eigenvalue weighted by Gasteiger charge is -2.10. The molecule has 3 amide bonds. The van der Waals surface area contributed by atoms with Crippen molar-refractivity contribution in [1.29, 1.82) is 0 Å². The monoisotopic (exact) mass is 311 g/mol. The Morgan fingerprint density at radius 2 is 1.48 bits per heavy atom. The van der Waals surface area contributed by atoms with Gasteiger partial charge in [0.25, 0.3) is 5.91 Å².